The molecular weight excluding hydrogens is 384 g/mol. The topological polar surface area (TPSA) is 61.8 Å². The van der Waals surface area contributed by atoms with E-state index in [0.29, 0.717) is 17.4 Å². The maximum Gasteiger partial charge on any atom is 0.234 e. The Hall–Kier alpha value is -2.74. The molecule has 0 saturated carbocycles. The van der Waals surface area contributed by atoms with Crippen LogP contribution in [-0.2, 0) is 16.1 Å². The normalized spacial score (nSPS) is 18.4. The zero-order valence-corrected chi connectivity index (χ0v) is 16.0. The van der Waals surface area contributed by atoms with Gasteiger partial charge in [0.15, 0.2) is 5.17 Å². The fraction of sp³-hybridized carbons (Fsp3) is 0.250. The van der Waals surface area contributed by atoms with Crippen molar-refractivity contribution < 1.29 is 18.4 Å². The van der Waals surface area contributed by atoms with Crippen LogP contribution in [0, 0.1) is 11.6 Å². The highest BCUT2D eigenvalue weighted by atomic mass is 32.2. The lowest BCUT2D eigenvalue weighted by molar-refractivity contribution is -0.130. The third kappa shape index (κ3) is 4.95. The number of benzene rings is 2. The van der Waals surface area contributed by atoms with Gasteiger partial charge in [0.25, 0.3) is 0 Å². The van der Waals surface area contributed by atoms with Crippen LogP contribution in [-0.4, -0.2) is 33.7 Å². The molecule has 0 aliphatic carbocycles. The van der Waals surface area contributed by atoms with Gasteiger partial charge in [0.1, 0.15) is 11.6 Å². The molecule has 1 heterocycles. The summed E-state index contributed by atoms with van der Waals surface area (Å²) in [7, 11) is 0. The van der Waals surface area contributed by atoms with Crippen LogP contribution in [0.1, 0.15) is 18.9 Å². The van der Waals surface area contributed by atoms with Gasteiger partial charge in [-0.3, -0.25) is 14.5 Å². The molecule has 5 nitrogen and oxygen atoms in total. The predicted octanol–water partition coefficient (Wildman–Crippen LogP) is 3.62. The molecule has 28 heavy (non-hydrogen) atoms. The number of aliphatic imine (C=N–C) groups is 1. The first-order chi connectivity index (χ1) is 13.5. The first-order valence-electron chi connectivity index (χ1n) is 8.79. The summed E-state index contributed by atoms with van der Waals surface area (Å²) in [6, 6.07) is 11.4. The van der Waals surface area contributed by atoms with Crippen LogP contribution in [0.2, 0.25) is 0 Å². The van der Waals surface area contributed by atoms with Crippen LogP contribution in [0.3, 0.4) is 0 Å². The van der Waals surface area contributed by atoms with E-state index in [9.17, 15) is 18.4 Å². The van der Waals surface area contributed by atoms with Crippen molar-refractivity contribution >= 4 is 34.4 Å². The molecule has 1 N–H and O–H groups in total. The lowest BCUT2D eigenvalue weighted by atomic mass is 10.2. The van der Waals surface area contributed by atoms with E-state index in [1.54, 1.807) is 12.1 Å². The van der Waals surface area contributed by atoms with Crippen molar-refractivity contribution in [2.24, 2.45) is 4.99 Å². The first-order valence-corrected chi connectivity index (χ1v) is 9.67. The SMILES string of the molecule is CCNC(=O)[C@H]1CC(=O)N(Cc2ccc(F)cc2)C(=Nc2ccc(F)cc2)S1. The van der Waals surface area contributed by atoms with Crippen molar-refractivity contribution in [1.82, 2.24) is 10.2 Å². The Labute approximate surface area is 165 Å². The fourth-order valence-electron chi connectivity index (χ4n) is 2.68. The molecule has 1 atom stereocenters. The average Bonchev–Trinajstić information content (AvgIpc) is 2.67. The number of hydrogen-bond donors (Lipinski definition) is 1. The zero-order valence-electron chi connectivity index (χ0n) is 15.2. The number of hydrogen-bond acceptors (Lipinski definition) is 4. The number of nitrogens with zero attached hydrogens (tertiary/aromatic N) is 2. The van der Waals surface area contributed by atoms with Crippen LogP contribution in [0.5, 0.6) is 0 Å². The molecule has 2 amide bonds. The molecule has 3 rings (SSSR count). The maximum atomic E-state index is 13.2. The summed E-state index contributed by atoms with van der Waals surface area (Å²) >= 11 is 1.19. The number of halogens is 2. The van der Waals surface area contributed by atoms with Crippen molar-refractivity contribution in [3.8, 4) is 0 Å². The molecule has 0 spiro atoms. The summed E-state index contributed by atoms with van der Waals surface area (Å²) in [6.07, 6.45) is 0.0418. The number of amidine groups is 1. The van der Waals surface area contributed by atoms with Crippen LogP contribution in [0.15, 0.2) is 53.5 Å². The molecule has 0 radical (unpaired) electrons. The first kappa shape index (κ1) is 20.0. The minimum Gasteiger partial charge on any atom is -0.355 e. The molecule has 0 bridgehead atoms. The number of carbonyl (C=O) groups excluding carboxylic acids is 2. The van der Waals surface area contributed by atoms with E-state index >= 15 is 0 Å². The number of carbonyl (C=O) groups is 2. The summed E-state index contributed by atoms with van der Waals surface area (Å²) < 4.78 is 26.3. The summed E-state index contributed by atoms with van der Waals surface area (Å²) in [5.74, 6) is -1.23. The van der Waals surface area contributed by atoms with Crippen molar-refractivity contribution in [3.05, 3.63) is 65.7 Å². The summed E-state index contributed by atoms with van der Waals surface area (Å²) in [5.41, 5.74) is 1.20. The van der Waals surface area contributed by atoms with Gasteiger partial charge in [0.05, 0.1) is 17.5 Å². The van der Waals surface area contributed by atoms with Gasteiger partial charge in [-0.2, -0.15) is 0 Å². The molecule has 2 aromatic rings. The standard InChI is InChI=1S/C20H19F2N3O2S/c1-2-23-19(27)17-11-18(26)25(12-13-3-5-14(21)6-4-13)20(28-17)24-16-9-7-15(22)8-10-16/h3-10,17H,2,11-12H2,1H3,(H,23,27)/t17-/m1/s1. The highest BCUT2D eigenvalue weighted by Crippen LogP contribution is 2.30. The van der Waals surface area contributed by atoms with Crippen LogP contribution >= 0.6 is 11.8 Å². The zero-order chi connectivity index (χ0) is 20.1. The van der Waals surface area contributed by atoms with Gasteiger partial charge < -0.3 is 5.32 Å². The molecule has 0 unspecified atom stereocenters. The van der Waals surface area contributed by atoms with Gasteiger partial charge in [0, 0.05) is 13.0 Å². The van der Waals surface area contributed by atoms with E-state index in [2.05, 4.69) is 10.3 Å². The molecule has 1 saturated heterocycles. The summed E-state index contributed by atoms with van der Waals surface area (Å²) in [6.45, 7) is 2.48. The Morgan fingerprint density at radius 2 is 1.75 bits per heavy atom. The second kappa shape index (κ2) is 8.97. The van der Waals surface area contributed by atoms with Crippen LogP contribution < -0.4 is 5.32 Å². The average molecular weight is 403 g/mol. The van der Waals surface area contributed by atoms with E-state index in [-0.39, 0.29) is 36.4 Å². The Kier molecular flexibility index (Phi) is 6.41. The second-order valence-corrected chi connectivity index (χ2v) is 7.35. The fourth-order valence-corrected chi connectivity index (χ4v) is 3.81. The number of nitrogens with one attached hydrogen (secondary N) is 1. The minimum atomic E-state index is -0.587. The molecule has 1 fully saturated rings. The van der Waals surface area contributed by atoms with E-state index in [1.807, 2.05) is 6.92 Å². The van der Waals surface area contributed by atoms with Gasteiger partial charge in [-0.25, -0.2) is 13.8 Å². The van der Waals surface area contributed by atoms with E-state index in [1.165, 1.54) is 53.1 Å². The number of rotatable bonds is 5. The molecule has 2 aromatic carbocycles. The molecular formula is C20H19F2N3O2S. The van der Waals surface area contributed by atoms with Gasteiger partial charge in [-0.15, -0.1) is 0 Å². The van der Waals surface area contributed by atoms with Gasteiger partial charge in [0.2, 0.25) is 11.8 Å². The van der Waals surface area contributed by atoms with E-state index in [4.69, 9.17) is 0 Å². The van der Waals surface area contributed by atoms with Crippen LogP contribution in [0.25, 0.3) is 0 Å². The summed E-state index contributed by atoms with van der Waals surface area (Å²) in [5, 5.41) is 2.49. The lowest BCUT2D eigenvalue weighted by Crippen LogP contribution is -2.46. The molecule has 0 aromatic heterocycles. The quantitative estimate of drug-likeness (QED) is 0.830. The van der Waals surface area contributed by atoms with Crippen molar-refractivity contribution in [2.75, 3.05) is 6.54 Å². The number of thioether (sulfide) groups is 1. The number of amides is 2. The minimum absolute atomic E-state index is 0.0418. The van der Waals surface area contributed by atoms with Crippen molar-refractivity contribution in [2.45, 2.75) is 25.1 Å². The van der Waals surface area contributed by atoms with E-state index in [0.717, 1.165) is 5.56 Å². The molecule has 1 aliphatic heterocycles. The highest BCUT2D eigenvalue weighted by molar-refractivity contribution is 8.15. The Bertz CT molecular complexity index is 885. The van der Waals surface area contributed by atoms with Gasteiger partial charge in [-0.05, 0) is 48.9 Å². The molecule has 146 valence electrons. The van der Waals surface area contributed by atoms with Crippen LogP contribution in [0.4, 0.5) is 14.5 Å². The largest absolute Gasteiger partial charge is 0.355 e. The molecule has 1 aliphatic rings. The lowest BCUT2D eigenvalue weighted by Gasteiger charge is -2.31. The Balaban J connectivity index is 1.90. The van der Waals surface area contributed by atoms with Gasteiger partial charge >= 0.3 is 0 Å². The molecule has 8 heteroatoms. The monoisotopic (exact) mass is 403 g/mol. The smallest absolute Gasteiger partial charge is 0.234 e. The van der Waals surface area contributed by atoms with E-state index < -0.39 is 5.25 Å². The predicted molar refractivity (Wildman–Crippen MR) is 105 cm³/mol. The van der Waals surface area contributed by atoms with Gasteiger partial charge in [-0.1, -0.05) is 23.9 Å². The third-order valence-corrected chi connectivity index (χ3v) is 5.28. The highest BCUT2D eigenvalue weighted by Gasteiger charge is 2.35. The Morgan fingerprint density at radius 3 is 2.36 bits per heavy atom. The Morgan fingerprint density at radius 1 is 1.14 bits per heavy atom. The summed E-state index contributed by atoms with van der Waals surface area (Å²) in [4.78, 5) is 30.9. The maximum absolute atomic E-state index is 13.2. The third-order valence-electron chi connectivity index (χ3n) is 4.09. The second-order valence-electron chi connectivity index (χ2n) is 6.18. The van der Waals surface area contributed by atoms with Crippen molar-refractivity contribution in [3.63, 3.8) is 0 Å². The van der Waals surface area contributed by atoms with Crippen molar-refractivity contribution in [1.29, 1.82) is 0 Å².